The molecule has 86 valence electrons. The highest BCUT2D eigenvalue weighted by atomic mass is 16.5. The molecule has 0 atom stereocenters. The number of ether oxygens (including phenoxy) is 1. The Morgan fingerprint density at radius 2 is 2.29 bits per heavy atom. The van der Waals surface area contributed by atoms with Crippen molar-refractivity contribution in [3.63, 3.8) is 0 Å². The zero-order chi connectivity index (χ0) is 12.1. The van der Waals surface area contributed by atoms with E-state index in [1.54, 1.807) is 25.5 Å². The standard InChI is InChI=1S/C13H12N2O2/c1-16-13-7-10(8-14)4-5-12(13)15-9-11-3-2-6-17-11/h2-7,15H,9H2,1H3. The molecule has 17 heavy (non-hydrogen) atoms. The molecular weight excluding hydrogens is 216 g/mol. The third-order valence-corrected chi connectivity index (χ3v) is 2.36. The lowest BCUT2D eigenvalue weighted by molar-refractivity contribution is 0.416. The lowest BCUT2D eigenvalue weighted by atomic mass is 10.2. The second-order valence-corrected chi connectivity index (χ2v) is 3.46. The quantitative estimate of drug-likeness (QED) is 0.874. The van der Waals surface area contributed by atoms with Gasteiger partial charge in [0.1, 0.15) is 11.5 Å². The molecule has 2 aromatic rings. The van der Waals surface area contributed by atoms with Crippen LogP contribution in [0.2, 0.25) is 0 Å². The first kappa shape index (κ1) is 11.1. The number of hydrogen-bond acceptors (Lipinski definition) is 4. The van der Waals surface area contributed by atoms with Gasteiger partial charge in [0, 0.05) is 6.07 Å². The van der Waals surface area contributed by atoms with Gasteiger partial charge >= 0.3 is 0 Å². The average Bonchev–Trinajstić information content (AvgIpc) is 2.89. The highest BCUT2D eigenvalue weighted by Gasteiger charge is 2.04. The monoisotopic (exact) mass is 228 g/mol. The molecule has 0 fully saturated rings. The van der Waals surface area contributed by atoms with E-state index < -0.39 is 0 Å². The molecule has 0 saturated carbocycles. The molecule has 0 aliphatic carbocycles. The summed E-state index contributed by atoms with van der Waals surface area (Å²) < 4.78 is 10.4. The predicted molar refractivity (Wildman–Crippen MR) is 63.7 cm³/mol. The van der Waals surface area contributed by atoms with Gasteiger partial charge in [-0.3, -0.25) is 0 Å². The number of furan rings is 1. The molecule has 4 heteroatoms. The van der Waals surface area contributed by atoms with Crippen molar-refractivity contribution >= 4 is 5.69 Å². The molecule has 0 saturated heterocycles. The van der Waals surface area contributed by atoms with Crippen molar-refractivity contribution < 1.29 is 9.15 Å². The van der Waals surface area contributed by atoms with E-state index in [0.29, 0.717) is 17.9 Å². The summed E-state index contributed by atoms with van der Waals surface area (Å²) in [6, 6.07) is 11.1. The Kier molecular flexibility index (Phi) is 3.31. The van der Waals surface area contributed by atoms with Crippen LogP contribution in [-0.4, -0.2) is 7.11 Å². The van der Waals surface area contributed by atoms with Gasteiger partial charge in [-0.25, -0.2) is 0 Å². The van der Waals surface area contributed by atoms with Crippen molar-refractivity contribution in [3.05, 3.63) is 47.9 Å². The van der Waals surface area contributed by atoms with Crippen LogP contribution in [0, 0.1) is 11.3 Å². The molecule has 1 N–H and O–H groups in total. The van der Waals surface area contributed by atoms with Gasteiger partial charge in [0.25, 0.3) is 0 Å². The maximum Gasteiger partial charge on any atom is 0.143 e. The Morgan fingerprint density at radius 1 is 1.41 bits per heavy atom. The van der Waals surface area contributed by atoms with Crippen LogP contribution in [-0.2, 0) is 6.54 Å². The van der Waals surface area contributed by atoms with Crippen molar-refractivity contribution in [2.45, 2.75) is 6.54 Å². The fraction of sp³-hybridized carbons (Fsp3) is 0.154. The summed E-state index contributed by atoms with van der Waals surface area (Å²) in [4.78, 5) is 0. The molecular formula is C13H12N2O2. The van der Waals surface area contributed by atoms with Crippen LogP contribution in [0.3, 0.4) is 0 Å². The molecule has 2 rings (SSSR count). The summed E-state index contributed by atoms with van der Waals surface area (Å²) >= 11 is 0. The second-order valence-electron chi connectivity index (χ2n) is 3.46. The molecule has 0 unspecified atom stereocenters. The van der Waals surface area contributed by atoms with E-state index in [1.807, 2.05) is 18.2 Å². The molecule has 1 heterocycles. The van der Waals surface area contributed by atoms with Crippen LogP contribution < -0.4 is 10.1 Å². The highest BCUT2D eigenvalue weighted by molar-refractivity contribution is 5.59. The Bertz CT molecular complexity index is 527. The van der Waals surface area contributed by atoms with E-state index >= 15 is 0 Å². The Labute approximate surface area is 99.4 Å². The topological polar surface area (TPSA) is 58.2 Å². The van der Waals surface area contributed by atoms with Crippen molar-refractivity contribution in [1.82, 2.24) is 0 Å². The van der Waals surface area contributed by atoms with Gasteiger partial charge < -0.3 is 14.5 Å². The van der Waals surface area contributed by atoms with Gasteiger partial charge in [-0.2, -0.15) is 5.26 Å². The first-order valence-corrected chi connectivity index (χ1v) is 5.18. The van der Waals surface area contributed by atoms with Crippen LogP contribution in [0.1, 0.15) is 11.3 Å². The number of nitrogens with zero attached hydrogens (tertiary/aromatic N) is 1. The van der Waals surface area contributed by atoms with E-state index in [4.69, 9.17) is 14.4 Å². The second kappa shape index (κ2) is 5.08. The van der Waals surface area contributed by atoms with Gasteiger partial charge in [0.15, 0.2) is 0 Å². The number of nitrogens with one attached hydrogen (secondary N) is 1. The number of benzene rings is 1. The summed E-state index contributed by atoms with van der Waals surface area (Å²) in [5.41, 5.74) is 1.41. The molecule has 0 bridgehead atoms. The number of methoxy groups -OCH3 is 1. The van der Waals surface area contributed by atoms with Crippen LogP contribution in [0.5, 0.6) is 5.75 Å². The van der Waals surface area contributed by atoms with Gasteiger partial charge in [-0.05, 0) is 24.3 Å². The summed E-state index contributed by atoms with van der Waals surface area (Å²) in [5.74, 6) is 1.49. The van der Waals surface area contributed by atoms with Gasteiger partial charge in [-0.15, -0.1) is 0 Å². The zero-order valence-corrected chi connectivity index (χ0v) is 9.43. The molecule has 0 aliphatic heterocycles. The van der Waals surface area contributed by atoms with Crippen LogP contribution in [0.4, 0.5) is 5.69 Å². The highest BCUT2D eigenvalue weighted by Crippen LogP contribution is 2.25. The molecule has 0 radical (unpaired) electrons. The van der Waals surface area contributed by atoms with Crippen LogP contribution in [0.25, 0.3) is 0 Å². The summed E-state index contributed by atoms with van der Waals surface area (Å²) in [7, 11) is 1.58. The number of rotatable bonds is 4. The molecule has 0 spiro atoms. The number of anilines is 1. The third kappa shape index (κ3) is 2.58. The zero-order valence-electron chi connectivity index (χ0n) is 9.43. The van der Waals surface area contributed by atoms with Crippen molar-refractivity contribution in [1.29, 1.82) is 5.26 Å². The Balaban J connectivity index is 2.13. The van der Waals surface area contributed by atoms with E-state index in [1.165, 1.54) is 0 Å². The van der Waals surface area contributed by atoms with E-state index in [0.717, 1.165) is 11.4 Å². The van der Waals surface area contributed by atoms with E-state index in [-0.39, 0.29) is 0 Å². The minimum Gasteiger partial charge on any atom is -0.495 e. The Hall–Kier alpha value is -2.41. The van der Waals surface area contributed by atoms with Crippen molar-refractivity contribution in [2.75, 3.05) is 12.4 Å². The lowest BCUT2D eigenvalue weighted by Gasteiger charge is -2.10. The predicted octanol–water partition coefficient (Wildman–Crippen LogP) is 2.77. The Morgan fingerprint density at radius 3 is 2.94 bits per heavy atom. The summed E-state index contributed by atoms with van der Waals surface area (Å²) in [6.45, 7) is 0.579. The maximum absolute atomic E-state index is 8.79. The SMILES string of the molecule is COc1cc(C#N)ccc1NCc1ccco1. The average molecular weight is 228 g/mol. The fourth-order valence-corrected chi connectivity index (χ4v) is 1.50. The first-order valence-electron chi connectivity index (χ1n) is 5.18. The first-order chi connectivity index (χ1) is 8.33. The minimum absolute atomic E-state index is 0.574. The smallest absolute Gasteiger partial charge is 0.143 e. The van der Waals surface area contributed by atoms with Crippen molar-refractivity contribution in [3.8, 4) is 11.8 Å². The molecule has 0 amide bonds. The minimum atomic E-state index is 0.574. The maximum atomic E-state index is 8.79. The fourth-order valence-electron chi connectivity index (χ4n) is 1.50. The summed E-state index contributed by atoms with van der Waals surface area (Å²) in [5, 5.41) is 12.0. The normalized spacial score (nSPS) is 9.65. The molecule has 1 aromatic carbocycles. The van der Waals surface area contributed by atoms with Crippen LogP contribution in [0.15, 0.2) is 41.0 Å². The van der Waals surface area contributed by atoms with E-state index in [9.17, 15) is 0 Å². The lowest BCUT2D eigenvalue weighted by Crippen LogP contribution is -2.00. The van der Waals surface area contributed by atoms with Gasteiger partial charge in [0.2, 0.25) is 0 Å². The number of nitriles is 1. The molecule has 0 aliphatic rings. The van der Waals surface area contributed by atoms with Crippen molar-refractivity contribution in [2.24, 2.45) is 0 Å². The molecule has 1 aromatic heterocycles. The largest absolute Gasteiger partial charge is 0.495 e. The van der Waals surface area contributed by atoms with Gasteiger partial charge in [-0.1, -0.05) is 0 Å². The van der Waals surface area contributed by atoms with Gasteiger partial charge in [0.05, 0.1) is 37.2 Å². The molecule has 4 nitrogen and oxygen atoms in total. The van der Waals surface area contributed by atoms with E-state index in [2.05, 4.69) is 11.4 Å². The third-order valence-electron chi connectivity index (χ3n) is 2.36. The van der Waals surface area contributed by atoms with Crippen LogP contribution >= 0.6 is 0 Å². The number of hydrogen-bond donors (Lipinski definition) is 1. The summed E-state index contributed by atoms with van der Waals surface area (Å²) in [6.07, 6.45) is 1.63.